The number of hydrogen-bond donors (Lipinski definition) is 1. The van der Waals surface area contributed by atoms with E-state index in [1.54, 1.807) is 39.8 Å². The highest BCUT2D eigenvalue weighted by molar-refractivity contribution is 9.10. The summed E-state index contributed by atoms with van der Waals surface area (Å²) < 4.78 is 21.6. The second-order valence-corrected chi connectivity index (χ2v) is 10.4. The molecular formula is C21H30BrFN4O3. The van der Waals surface area contributed by atoms with Crippen molar-refractivity contribution in [1.29, 1.82) is 0 Å². The summed E-state index contributed by atoms with van der Waals surface area (Å²) in [5.41, 5.74) is -1.48. The molecule has 1 aliphatic heterocycles. The van der Waals surface area contributed by atoms with Crippen LogP contribution in [0.5, 0.6) is 0 Å². The molecule has 2 heterocycles. The average Bonchev–Trinajstić information content (AvgIpc) is 3.35. The molecule has 0 radical (unpaired) electrons. The summed E-state index contributed by atoms with van der Waals surface area (Å²) in [5.74, 6) is 0.386. The monoisotopic (exact) mass is 484 g/mol. The number of aromatic nitrogens is 1. The molecular weight excluding hydrogens is 455 g/mol. The quantitative estimate of drug-likeness (QED) is 0.640. The van der Waals surface area contributed by atoms with E-state index in [-0.39, 0.29) is 19.5 Å². The predicted molar refractivity (Wildman–Crippen MR) is 116 cm³/mol. The first-order valence-corrected chi connectivity index (χ1v) is 11.0. The molecule has 0 spiro atoms. The lowest BCUT2D eigenvalue weighted by Gasteiger charge is -2.28. The number of alkyl halides is 1. The van der Waals surface area contributed by atoms with Crippen molar-refractivity contribution >= 4 is 33.7 Å². The molecule has 1 saturated heterocycles. The van der Waals surface area contributed by atoms with Gasteiger partial charge in [0.1, 0.15) is 27.7 Å². The summed E-state index contributed by atoms with van der Waals surface area (Å²) in [7, 11) is 3.53. The van der Waals surface area contributed by atoms with Crippen LogP contribution < -0.4 is 5.32 Å². The fourth-order valence-corrected chi connectivity index (χ4v) is 4.14. The summed E-state index contributed by atoms with van der Waals surface area (Å²) in [6.45, 7) is 5.14. The first-order chi connectivity index (χ1) is 13.9. The number of carbonyl (C=O) groups excluding carboxylic acids is 2. The Bertz CT molecular complexity index is 825. The Morgan fingerprint density at radius 2 is 2.03 bits per heavy atom. The summed E-state index contributed by atoms with van der Waals surface area (Å²) in [4.78, 5) is 33.3. The zero-order valence-corrected chi connectivity index (χ0v) is 19.8. The van der Waals surface area contributed by atoms with Crippen LogP contribution >= 0.6 is 15.9 Å². The van der Waals surface area contributed by atoms with Crippen LogP contribution in [0.3, 0.4) is 0 Å². The van der Waals surface area contributed by atoms with E-state index in [1.807, 2.05) is 12.1 Å². The molecule has 7 nitrogen and oxygen atoms in total. The summed E-state index contributed by atoms with van der Waals surface area (Å²) in [5, 5.41) is 2.84. The highest BCUT2D eigenvalue weighted by Gasteiger charge is 2.51. The number of rotatable bonds is 5. The summed E-state index contributed by atoms with van der Waals surface area (Å²) >= 11 is 3.34. The lowest BCUT2D eigenvalue weighted by Crippen LogP contribution is -2.46. The van der Waals surface area contributed by atoms with Crippen molar-refractivity contribution in [1.82, 2.24) is 14.8 Å². The number of ether oxygens (including phenoxy) is 1. The van der Waals surface area contributed by atoms with Gasteiger partial charge in [-0.25, -0.2) is 14.2 Å². The molecule has 1 aliphatic carbocycles. The molecule has 2 aliphatic rings. The average molecular weight is 485 g/mol. The van der Waals surface area contributed by atoms with Gasteiger partial charge >= 0.3 is 6.09 Å². The van der Waals surface area contributed by atoms with Crippen LogP contribution in [-0.4, -0.2) is 71.3 Å². The van der Waals surface area contributed by atoms with Gasteiger partial charge in [0.05, 0.1) is 6.54 Å². The van der Waals surface area contributed by atoms with E-state index in [0.29, 0.717) is 16.3 Å². The first kappa shape index (κ1) is 22.9. The lowest BCUT2D eigenvalue weighted by molar-refractivity contribution is -0.120. The highest BCUT2D eigenvalue weighted by Crippen LogP contribution is 2.43. The number of nitrogens with one attached hydrogen (secondary N) is 1. The molecule has 0 bridgehead atoms. The van der Waals surface area contributed by atoms with Gasteiger partial charge in [0.2, 0.25) is 5.91 Å². The van der Waals surface area contributed by atoms with Crippen molar-refractivity contribution in [3.63, 3.8) is 0 Å². The van der Waals surface area contributed by atoms with Gasteiger partial charge in [-0.15, -0.1) is 0 Å². The third-order valence-corrected chi connectivity index (χ3v) is 5.51. The number of anilines is 1. The Balaban J connectivity index is 1.83. The molecule has 166 valence electrons. The van der Waals surface area contributed by atoms with E-state index in [9.17, 15) is 9.59 Å². The molecule has 3 rings (SSSR count). The van der Waals surface area contributed by atoms with Crippen molar-refractivity contribution in [2.75, 3.05) is 32.5 Å². The molecule has 0 aromatic carbocycles. The van der Waals surface area contributed by atoms with E-state index in [2.05, 4.69) is 26.2 Å². The third-order valence-electron chi connectivity index (χ3n) is 5.07. The third kappa shape index (κ3) is 5.69. The standard InChI is InChI=1S/C21H30BrFN4O3/c1-20(2,3)30-19(29)27-12-21(23,11-26(4)5)10-15(27)18(28)25-17-14(13-6-7-13)8-9-16(22)24-17/h8-9,13,15H,6-7,10-12H2,1-5H3,(H,24,25,28). The van der Waals surface area contributed by atoms with Crippen LogP contribution in [0.2, 0.25) is 0 Å². The van der Waals surface area contributed by atoms with E-state index in [1.165, 1.54) is 4.90 Å². The van der Waals surface area contributed by atoms with Gasteiger partial charge in [0.25, 0.3) is 0 Å². The van der Waals surface area contributed by atoms with E-state index in [0.717, 1.165) is 18.4 Å². The Hall–Kier alpha value is -1.74. The van der Waals surface area contributed by atoms with Crippen LogP contribution in [0.1, 0.15) is 51.5 Å². The lowest BCUT2D eigenvalue weighted by atomic mass is 10.0. The molecule has 2 fully saturated rings. The van der Waals surface area contributed by atoms with Crippen molar-refractivity contribution in [3.8, 4) is 0 Å². The molecule has 2 atom stereocenters. The van der Waals surface area contributed by atoms with Crippen LogP contribution in [0.25, 0.3) is 0 Å². The van der Waals surface area contributed by atoms with Crippen LogP contribution in [0.15, 0.2) is 16.7 Å². The SMILES string of the molecule is CN(C)CC1(F)CC(C(=O)Nc2nc(Br)ccc2C2CC2)N(C(=O)OC(C)(C)C)C1. The van der Waals surface area contributed by atoms with Gasteiger partial charge in [0.15, 0.2) is 0 Å². The summed E-state index contributed by atoms with van der Waals surface area (Å²) in [6.07, 6.45) is 1.32. The number of pyridine rings is 1. The molecule has 1 N–H and O–H groups in total. The maximum absolute atomic E-state index is 15.5. The van der Waals surface area contributed by atoms with Gasteiger partial charge in [-0.3, -0.25) is 9.69 Å². The van der Waals surface area contributed by atoms with Crippen LogP contribution in [0.4, 0.5) is 15.0 Å². The Kier molecular flexibility index (Phi) is 6.43. The van der Waals surface area contributed by atoms with Gasteiger partial charge in [0, 0.05) is 13.0 Å². The van der Waals surface area contributed by atoms with Crippen LogP contribution in [0, 0.1) is 0 Å². The van der Waals surface area contributed by atoms with Gasteiger partial charge in [-0.1, -0.05) is 6.07 Å². The topological polar surface area (TPSA) is 74.8 Å². The van der Waals surface area contributed by atoms with Gasteiger partial charge < -0.3 is 15.0 Å². The number of likely N-dealkylation sites (tertiary alicyclic amines) is 1. The van der Waals surface area contributed by atoms with Gasteiger partial charge in [-0.2, -0.15) is 0 Å². The van der Waals surface area contributed by atoms with Crippen molar-refractivity contribution in [2.45, 2.75) is 63.3 Å². The zero-order valence-electron chi connectivity index (χ0n) is 18.2. The minimum Gasteiger partial charge on any atom is -0.444 e. The minimum absolute atomic E-state index is 0.0942. The normalized spacial score (nSPS) is 24.3. The Morgan fingerprint density at radius 1 is 1.37 bits per heavy atom. The predicted octanol–water partition coefficient (Wildman–Crippen LogP) is 3.94. The minimum atomic E-state index is -1.70. The number of nitrogens with zero attached hydrogens (tertiary/aromatic N) is 3. The van der Waals surface area contributed by atoms with E-state index < -0.39 is 29.3 Å². The molecule has 30 heavy (non-hydrogen) atoms. The molecule has 9 heteroatoms. The summed E-state index contributed by atoms with van der Waals surface area (Å²) in [6, 6.07) is 2.81. The number of amides is 2. The van der Waals surface area contributed by atoms with Gasteiger partial charge in [-0.05, 0) is 81.2 Å². The molecule has 2 amide bonds. The molecule has 1 aromatic rings. The fourth-order valence-electron chi connectivity index (χ4n) is 3.83. The largest absolute Gasteiger partial charge is 0.444 e. The number of hydrogen-bond acceptors (Lipinski definition) is 5. The van der Waals surface area contributed by atoms with Crippen molar-refractivity contribution in [2.24, 2.45) is 0 Å². The van der Waals surface area contributed by atoms with Crippen molar-refractivity contribution < 1.29 is 18.7 Å². The Labute approximate surface area is 185 Å². The van der Waals surface area contributed by atoms with Crippen LogP contribution in [-0.2, 0) is 9.53 Å². The van der Waals surface area contributed by atoms with Crippen molar-refractivity contribution in [3.05, 3.63) is 22.3 Å². The van der Waals surface area contributed by atoms with E-state index >= 15 is 4.39 Å². The second-order valence-electron chi connectivity index (χ2n) is 9.55. The molecule has 1 saturated carbocycles. The zero-order chi connectivity index (χ0) is 22.3. The first-order valence-electron chi connectivity index (χ1n) is 10.2. The number of halogens is 2. The second kappa shape index (κ2) is 8.42. The molecule has 1 aromatic heterocycles. The highest BCUT2D eigenvalue weighted by atomic mass is 79.9. The van der Waals surface area contributed by atoms with E-state index in [4.69, 9.17) is 4.74 Å². The Morgan fingerprint density at radius 3 is 2.60 bits per heavy atom. The maximum Gasteiger partial charge on any atom is 0.411 e. The fraction of sp³-hybridized carbons (Fsp3) is 0.667. The smallest absolute Gasteiger partial charge is 0.411 e. The number of carbonyl (C=O) groups is 2. The maximum atomic E-state index is 15.5. The molecule has 2 unspecified atom stereocenters.